The van der Waals surface area contributed by atoms with Crippen LogP contribution in [0.15, 0.2) is 77.7 Å². The Labute approximate surface area is 199 Å². The molecule has 34 heavy (non-hydrogen) atoms. The van der Waals surface area contributed by atoms with Crippen LogP contribution in [0.3, 0.4) is 0 Å². The summed E-state index contributed by atoms with van der Waals surface area (Å²) in [6.07, 6.45) is 0. The van der Waals surface area contributed by atoms with E-state index in [0.717, 1.165) is 9.87 Å². The minimum absolute atomic E-state index is 0.0377. The van der Waals surface area contributed by atoms with Gasteiger partial charge in [0.1, 0.15) is 12.3 Å². The maximum absolute atomic E-state index is 13.5. The minimum Gasteiger partial charge on any atom is -0.495 e. The lowest BCUT2D eigenvalue weighted by atomic mass is 10.2. The zero-order chi connectivity index (χ0) is 24.7. The highest BCUT2D eigenvalue weighted by Crippen LogP contribution is 2.33. The molecule has 0 saturated carbocycles. The number of amides is 1. The second-order valence-corrected chi connectivity index (χ2v) is 9.21. The smallest absolute Gasteiger partial charge is 0.338 e. The fourth-order valence-electron chi connectivity index (χ4n) is 3.28. The van der Waals surface area contributed by atoms with Crippen LogP contribution >= 0.6 is 0 Å². The SMILES string of the molecule is CCOC(=O)c1cccc(NC(=O)CN(c2cc(C)ccc2OC)S(=O)(=O)c2ccccc2)c1. The maximum Gasteiger partial charge on any atom is 0.338 e. The first kappa shape index (κ1) is 24.8. The normalized spacial score (nSPS) is 10.9. The molecule has 0 bridgehead atoms. The van der Waals surface area contributed by atoms with Crippen LogP contribution in [-0.4, -0.2) is 40.6 Å². The standard InChI is InChI=1S/C25H26N2O6S/c1-4-33-25(29)19-9-8-10-20(16-19)26-24(28)17-27(22-15-18(2)13-14-23(22)32-3)34(30,31)21-11-6-5-7-12-21/h5-16H,4,17H2,1-3H3,(H,26,28). The van der Waals surface area contributed by atoms with Crippen LogP contribution < -0.4 is 14.4 Å². The van der Waals surface area contributed by atoms with E-state index in [9.17, 15) is 18.0 Å². The average Bonchev–Trinajstić information content (AvgIpc) is 2.83. The summed E-state index contributed by atoms with van der Waals surface area (Å²) in [7, 11) is -2.67. The van der Waals surface area contributed by atoms with Crippen molar-refractivity contribution >= 4 is 33.3 Å². The van der Waals surface area contributed by atoms with E-state index in [4.69, 9.17) is 9.47 Å². The molecular weight excluding hydrogens is 456 g/mol. The van der Waals surface area contributed by atoms with Crippen LogP contribution in [0.25, 0.3) is 0 Å². The van der Waals surface area contributed by atoms with Gasteiger partial charge in [-0.15, -0.1) is 0 Å². The molecular formula is C25H26N2O6S. The highest BCUT2D eigenvalue weighted by Gasteiger charge is 2.29. The van der Waals surface area contributed by atoms with Gasteiger partial charge in [0.15, 0.2) is 0 Å². The van der Waals surface area contributed by atoms with Crippen molar-refractivity contribution in [1.29, 1.82) is 0 Å². The first-order valence-electron chi connectivity index (χ1n) is 10.6. The zero-order valence-electron chi connectivity index (χ0n) is 19.1. The van der Waals surface area contributed by atoms with Gasteiger partial charge in [-0.1, -0.05) is 30.3 Å². The fourth-order valence-corrected chi connectivity index (χ4v) is 4.73. The van der Waals surface area contributed by atoms with Crippen LogP contribution in [0.2, 0.25) is 0 Å². The lowest BCUT2D eigenvalue weighted by Gasteiger charge is -2.26. The lowest BCUT2D eigenvalue weighted by molar-refractivity contribution is -0.114. The molecule has 0 unspecified atom stereocenters. The van der Waals surface area contributed by atoms with Gasteiger partial charge in [-0.3, -0.25) is 9.10 Å². The molecule has 0 aromatic heterocycles. The molecule has 0 aliphatic rings. The third-order valence-electron chi connectivity index (χ3n) is 4.88. The van der Waals surface area contributed by atoms with Crippen molar-refractivity contribution < 1.29 is 27.5 Å². The van der Waals surface area contributed by atoms with Gasteiger partial charge in [0.25, 0.3) is 10.0 Å². The van der Waals surface area contributed by atoms with Gasteiger partial charge < -0.3 is 14.8 Å². The second kappa shape index (κ2) is 10.8. The number of nitrogens with zero attached hydrogens (tertiary/aromatic N) is 1. The molecule has 9 heteroatoms. The topological polar surface area (TPSA) is 102 Å². The van der Waals surface area contributed by atoms with Crippen molar-refractivity contribution in [2.24, 2.45) is 0 Å². The van der Waals surface area contributed by atoms with E-state index in [0.29, 0.717) is 11.4 Å². The first-order valence-corrected chi connectivity index (χ1v) is 12.0. The predicted molar refractivity (Wildman–Crippen MR) is 130 cm³/mol. The van der Waals surface area contributed by atoms with Crippen molar-refractivity contribution in [3.05, 3.63) is 83.9 Å². The number of benzene rings is 3. The number of nitrogens with one attached hydrogen (secondary N) is 1. The van der Waals surface area contributed by atoms with E-state index < -0.39 is 28.4 Å². The molecule has 3 aromatic carbocycles. The van der Waals surface area contributed by atoms with Crippen molar-refractivity contribution in [1.82, 2.24) is 0 Å². The summed E-state index contributed by atoms with van der Waals surface area (Å²) in [5.74, 6) is -0.803. The summed E-state index contributed by atoms with van der Waals surface area (Å²) in [5.41, 5.74) is 1.64. The second-order valence-electron chi connectivity index (χ2n) is 7.35. The summed E-state index contributed by atoms with van der Waals surface area (Å²) >= 11 is 0. The molecule has 178 valence electrons. The molecule has 0 heterocycles. The molecule has 0 saturated heterocycles. The Kier molecular flexibility index (Phi) is 7.91. The summed E-state index contributed by atoms with van der Waals surface area (Å²) in [5, 5.41) is 2.66. The molecule has 0 spiro atoms. The molecule has 0 aliphatic heterocycles. The Morgan fingerprint density at radius 1 is 0.971 bits per heavy atom. The van der Waals surface area contributed by atoms with E-state index in [1.165, 1.54) is 25.3 Å². The van der Waals surface area contributed by atoms with E-state index in [-0.39, 0.29) is 22.8 Å². The Hall–Kier alpha value is -3.85. The molecule has 0 fully saturated rings. The molecule has 3 aromatic rings. The Morgan fingerprint density at radius 2 is 1.71 bits per heavy atom. The molecule has 0 atom stereocenters. The average molecular weight is 483 g/mol. The number of carbonyl (C=O) groups excluding carboxylic acids is 2. The van der Waals surface area contributed by atoms with Crippen LogP contribution in [-0.2, 0) is 19.6 Å². The summed E-state index contributed by atoms with van der Waals surface area (Å²) < 4.78 is 38.5. The fraction of sp³-hybridized carbons (Fsp3) is 0.200. The predicted octanol–water partition coefficient (Wildman–Crippen LogP) is 4.01. The van der Waals surface area contributed by atoms with Crippen molar-refractivity contribution in [2.45, 2.75) is 18.7 Å². The number of anilines is 2. The van der Waals surface area contributed by atoms with E-state index in [2.05, 4.69) is 5.32 Å². The third kappa shape index (κ3) is 5.74. The lowest BCUT2D eigenvalue weighted by Crippen LogP contribution is -2.38. The quantitative estimate of drug-likeness (QED) is 0.462. The summed E-state index contributed by atoms with van der Waals surface area (Å²) in [6.45, 7) is 3.22. The van der Waals surface area contributed by atoms with Crippen LogP contribution in [0.5, 0.6) is 5.75 Å². The Morgan fingerprint density at radius 3 is 2.38 bits per heavy atom. The summed E-state index contributed by atoms with van der Waals surface area (Å²) in [4.78, 5) is 25.0. The number of ether oxygens (including phenoxy) is 2. The minimum atomic E-state index is -4.10. The van der Waals surface area contributed by atoms with Crippen LogP contribution in [0.1, 0.15) is 22.8 Å². The maximum atomic E-state index is 13.5. The summed E-state index contributed by atoms with van der Waals surface area (Å²) in [6, 6.07) is 19.2. The molecule has 3 rings (SSSR count). The van der Waals surface area contributed by atoms with Crippen molar-refractivity contribution in [2.75, 3.05) is 29.9 Å². The highest BCUT2D eigenvalue weighted by molar-refractivity contribution is 7.92. The monoisotopic (exact) mass is 482 g/mol. The van der Waals surface area contributed by atoms with E-state index in [1.807, 2.05) is 6.92 Å². The number of aryl methyl sites for hydroxylation is 1. The Balaban J connectivity index is 1.96. The van der Waals surface area contributed by atoms with Crippen molar-refractivity contribution in [3.8, 4) is 5.75 Å². The zero-order valence-corrected chi connectivity index (χ0v) is 20.0. The van der Waals surface area contributed by atoms with Crippen molar-refractivity contribution in [3.63, 3.8) is 0 Å². The van der Waals surface area contributed by atoms with Gasteiger partial charge >= 0.3 is 5.97 Å². The largest absolute Gasteiger partial charge is 0.495 e. The van der Waals surface area contributed by atoms with E-state index >= 15 is 0 Å². The van der Waals surface area contributed by atoms with Gasteiger partial charge in [-0.2, -0.15) is 0 Å². The molecule has 8 nitrogen and oxygen atoms in total. The first-order chi connectivity index (χ1) is 16.3. The number of methoxy groups -OCH3 is 1. The number of hydrogen-bond acceptors (Lipinski definition) is 6. The number of esters is 1. The number of rotatable bonds is 9. The highest BCUT2D eigenvalue weighted by atomic mass is 32.2. The third-order valence-corrected chi connectivity index (χ3v) is 6.65. The van der Waals surface area contributed by atoms with Gasteiger partial charge in [-0.25, -0.2) is 13.2 Å². The number of hydrogen-bond donors (Lipinski definition) is 1. The Bertz CT molecular complexity index is 1280. The van der Waals surface area contributed by atoms with Crippen LogP contribution in [0, 0.1) is 6.92 Å². The van der Waals surface area contributed by atoms with Gasteiger partial charge in [0, 0.05) is 5.69 Å². The van der Waals surface area contributed by atoms with Crippen LogP contribution in [0.4, 0.5) is 11.4 Å². The number of sulfonamides is 1. The molecule has 1 N–H and O–H groups in total. The van der Waals surface area contributed by atoms with Gasteiger partial charge in [0.05, 0.1) is 29.9 Å². The molecule has 0 aliphatic carbocycles. The van der Waals surface area contributed by atoms with Gasteiger partial charge in [-0.05, 0) is 61.9 Å². The van der Waals surface area contributed by atoms with E-state index in [1.54, 1.807) is 61.5 Å². The molecule has 0 radical (unpaired) electrons. The molecule has 1 amide bonds. The van der Waals surface area contributed by atoms with Gasteiger partial charge in [0.2, 0.25) is 5.91 Å². The number of carbonyl (C=O) groups is 2.